The monoisotopic (exact) mass is 406 g/mol. The lowest BCUT2D eigenvalue weighted by Gasteiger charge is -2.32. The average molecular weight is 406 g/mol. The van der Waals surface area contributed by atoms with Gasteiger partial charge in [0.05, 0.1) is 5.92 Å². The summed E-state index contributed by atoms with van der Waals surface area (Å²) in [4.78, 5) is 31.6. The molecule has 0 bridgehead atoms. The lowest BCUT2D eigenvalue weighted by Crippen LogP contribution is -2.45. The second kappa shape index (κ2) is 8.57. The molecule has 30 heavy (non-hydrogen) atoms. The van der Waals surface area contributed by atoms with Crippen molar-refractivity contribution in [2.45, 2.75) is 32.6 Å². The van der Waals surface area contributed by atoms with Crippen LogP contribution in [0.3, 0.4) is 0 Å². The predicted molar refractivity (Wildman–Crippen MR) is 116 cm³/mol. The quantitative estimate of drug-likeness (QED) is 0.649. The summed E-state index contributed by atoms with van der Waals surface area (Å²) in [5.74, 6) is 0.546. The lowest BCUT2D eigenvalue weighted by molar-refractivity contribution is -0.121. The number of nitrogens with zero attached hydrogens (tertiary/aromatic N) is 2. The number of amides is 3. The number of likely N-dealkylation sites (tertiary alicyclic amines) is 1. The molecule has 2 heterocycles. The number of aromatic nitrogens is 1. The molecule has 1 aromatic heterocycles. The van der Waals surface area contributed by atoms with E-state index < -0.39 is 0 Å². The Balaban J connectivity index is 1.39. The van der Waals surface area contributed by atoms with Crippen LogP contribution in [0.4, 0.5) is 16.2 Å². The molecule has 1 saturated heterocycles. The molecule has 4 rings (SSSR count). The first kappa shape index (κ1) is 19.9. The third-order valence-electron chi connectivity index (χ3n) is 5.27. The van der Waals surface area contributed by atoms with Crippen LogP contribution in [0.5, 0.6) is 0 Å². The first-order valence-corrected chi connectivity index (χ1v) is 10.3. The summed E-state index contributed by atoms with van der Waals surface area (Å²) in [6, 6.07) is 14.6. The smallest absolute Gasteiger partial charge is 0.321 e. The van der Waals surface area contributed by atoms with Crippen molar-refractivity contribution in [3.8, 4) is 0 Å². The first-order chi connectivity index (χ1) is 14.5. The zero-order valence-corrected chi connectivity index (χ0v) is 17.2. The zero-order valence-electron chi connectivity index (χ0n) is 17.2. The maximum absolute atomic E-state index is 12.8. The van der Waals surface area contributed by atoms with E-state index in [0.29, 0.717) is 30.3 Å². The number of nitrogens with one attached hydrogen (secondary N) is 2. The Morgan fingerprint density at radius 3 is 2.67 bits per heavy atom. The molecule has 7 heteroatoms. The number of hydrogen-bond acceptors (Lipinski definition) is 4. The van der Waals surface area contributed by atoms with E-state index in [-0.39, 0.29) is 23.8 Å². The van der Waals surface area contributed by atoms with Crippen LogP contribution in [-0.4, -0.2) is 34.9 Å². The van der Waals surface area contributed by atoms with Crippen LogP contribution in [0.1, 0.15) is 38.5 Å². The van der Waals surface area contributed by atoms with Gasteiger partial charge >= 0.3 is 6.03 Å². The van der Waals surface area contributed by atoms with Gasteiger partial charge in [-0.1, -0.05) is 32.0 Å². The van der Waals surface area contributed by atoms with E-state index in [9.17, 15) is 9.59 Å². The Morgan fingerprint density at radius 2 is 1.90 bits per heavy atom. The van der Waals surface area contributed by atoms with E-state index in [0.717, 1.165) is 24.0 Å². The van der Waals surface area contributed by atoms with Gasteiger partial charge in [-0.15, -0.1) is 0 Å². The summed E-state index contributed by atoms with van der Waals surface area (Å²) in [5.41, 5.74) is 2.86. The molecule has 2 aromatic carbocycles. The summed E-state index contributed by atoms with van der Waals surface area (Å²) in [7, 11) is 0. The first-order valence-electron chi connectivity index (χ1n) is 10.3. The third kappa shape index (κ3) is 4.45. The molecule has 3 aromatic rings. The van der Waals surface area contributed by atoms with Crippen LogP contribution in [0.2, 0.25) is 0 Å². The molecule has 1 atom stereocenters. The number of para-hydroxylation sites is 1. The molecule has 1 aliphatic rings. The minimum Gasteiger partial charge on any atom is -0.440 e. The van der Waals surface area contributed by atoms with Crippen LogP contribution in [-0.2, 0) is 4.79 Å². The zero-order chi connectivity index (χ0) is 21.1. The molecule has 156 valence electrons. The molecule has 0 radical (unpaired) electrons. The van der Waals surface area contributed by atoms with Crippen LogP contribution in [0.15, 0.2) is 52.9 Å². The van der Waals surface area contributed by atoms with Crippen LogP contribution < -0.4 is 10.6 Å². The van der Waals surface area contributed by atoms with Crippen molar-refractivity contribution in [2.75, 3.05) is 23.7 Å². The number of fused-ring (bicyclic) bond motifs is 1. The Morgan fingerprint density at radius 1 is 1.10 bits per heavy atom. The van der Waals surface area contributed by atoms with Crippen LogP contribution in [0.25, 0.3) is 11.1 Å². The van der Waals surface area contributed by atoms with Crippen molar-refractivity contribution in [1.29, 1.82) is 0 Å². The van der Waals surface area contributed by atoms with Crippen molar-refractivity contribution in [1.82, 2.24) is 9.88 Å². The van der Waals surface area contributed by atoms with Gasteiger partial charge in [-0.05, 0) is 43.2 Å². The van der Waals surface area contributed by atoms with E-state index in [4.69, 9.17) is 4.42 Å². The molecule has 0 saturated carbocycles. The normalized spacial score (nSPS) is 16.6. The maximum Gasteiger partial charge on any atom is 0.321 e. The fourth-order valence-electron chi connectivity index (χ4n) is 3.61. The number of oxazole rings is 1. The second-order valence-corrected chi connectivity index (χ2v) is 7.96. The molecular formula is C23H26N4O3. The van der Waals surface area contributed by atoms with Gasteiger partial charge in [-0.25, -0.2) is 9.78 Å². The fraction of sp³-hybridized carbons (Fsp3) is 0.348. The largest absolute Gasteiger partial charge is 0.440 e. The molecule has 0 aliphatic carbocycles. The lowest BCUT2D eigenvalue weighted by atomic mass is 9.97. The van der Waals surface area contributed by atoms with Gasteiger partial charge in [0, 0.05) is 30.4 Å². The fourth-order valence-corrected chi connectivity index (χ4v) is 3.61. The van der Waals surface area contributed by atoms with Crippen molar-refractivity contribution in [2.24, 2.45) is 5.92 Å². The summed E-state index contributed by atoms with van der Waals surface area (Å²) >= 11 is 0. The molecule has 7 nitrogen and oxygen atoms in total. The van der Waals surface area contributed by atoms with Crippen LogP contribution in [0, 0.1) is 5.92 Å². The molecule has 3 amide bonds. The van der Waals surface area contributed by atoms with Gasteiger partial charge in [0.15, 0.2) is 11.5 Å². The number of anilines is 2. The van der Waals surface area contributed by atoms with Crippen LogP contribution >= 0.6 is 0 Å². The molecular weight excluding hydrogens is 380 g/mol. The topological polar surface area (TPSA) is 87.5 Å². The number of urea groups is 1. The summed E-state index contributed by atoms with van der Waals surface area (Å²) in [6.45, 7) is 5.09. The van der Waals surface area contributed by atoms with Gasteiger partial charge in [0.25, 0.3) is 0 Å². The number of hydrogen-bond donors (Lipinski definition) is 2. The molecule has 2 N–H and O–H groups in total. The summed E-state index contributed by atoms with van der Waals surface area (Å²) in [6.07, 6.45) is 1.55. The van der Waals surface area contributed by atoms with E-state index in [2.05, 4.69) is 15.6 Å². The highest BCUT2D eigenvalue weighted by Crippen LogP contribution is 2.25. The number of carbonyl (C=O) groups excluding carboxylic acids is 2. The SMILES string of the molecule is CC(C)c1nc2cc(NC(=O)C3CCCN(C(=O)Nc4ccccc4)C3)ccc2o1. The minimum atomic E-state index is -0.250. The molecule has 0 spiro atoms. The van der Waals surface area contributed by atoms with Gasteiger partial charge in [0.2, 0.25) is 5.91 Å². The molecule has 1 aliphatic heterocycles. The summed E-state index contributed by atoms with van der Waals surface area (Å²) in [5, 5.41) is 5.86. The highest BCUT2D eigenvalue weighted by molar-refractivity contribution is 5.95. The van der Waals surface area contributed by atoms with Gasteiger partial charge < -0.3 is 20.0 Å². The van der Waals surface area contributed by atoms with Gasteiger partial charge in [-0.2, -0.15) is 0 Å². The Bertz CT molecular complexity index is 1050. The van der Waals surface area contributed by atoms with Gasteiger partial charge in [-0.3, -0.25) is 4.79 Å². The van der Waals surface area contributed by atoms with E-state index >= 15 is 0 Å². The maximum atomic E-state index is 12.8. The third-order valence-corrected chi connectivity index (χ3v) is 5.27. The van der Waals surface area contributed by atoms with Crippen molar-refractivity contribution < 1.29 is 14.0 Å². The summed E-state index contributed by atoms with van der Waals surface area (Å²) < 4.78 is 5.72. The predicted octanol–water partition coefficient (Wildman–Crippen LogP) is 4.83. The number of benzene rings is 2. The minimum absolute atomic E-state index is 0.0841. The Kier molecular flexibility index (Phi) is 5.70. The number of carbonyl (C=O) groups is 2. The van der Waals surface area contributed by atoms with E-state index in [1.54, 1.807) is 4.90 Å². The number of piperidine rings is 1. The Hall–Kier alpha value is -3.35. The highest BCUT2D eigenvalue weighted by atomic mass is 16.3. The highest BCUT2D eigenvalue weighted by Gasteiger charge is 2.28. The standard InChI is InChI=1S/C23H26N4O3/c1-15(2)22-26-19-13-18(10-11-20(19)30-22)24-21(28)16-7-6-12-27(14-16)23(29)25-17-8-4-3-5-9-17/h3-5,8-11,13,15-16H,6-7,12,14H2,1-2H3,(H,24,28)(H,25,29). The second-order valence-electron chi connectivity index (χ2n) is 7.96. The van der Waals surface area contributed by atoms with Crippen molar-refractivity contribution in [3.63, 3.8) is 0 Å². The van der Waals surface area contributed by atoms with E-state index in [1.807, 2.05) is 62.4 Å². The van der Waals surface area contributed by atoms with E-state index in [1.165, 1.54) is 0 Å². The van der Waals surface area contributed by atoms with Gasteiger partial charge in [0.1, 0.15) is 5.52 Å². The number of rotatable bonds is 4. The van der Waals surface area contributed by atoms with Crippen molar-refractivity contribution in [3.05, 3.63) is 54.4 Å². The van der Waals surface area contributed by atoms with Crippen molar-refractivity contribution >= 4 is 34.4 Å². The average Bonchev–Trinajstić information content (AvgIpc) is 3.18. The molecule has 1 fully saturated rings. The Labute approximate surface area is 175 Å². The molecule has 1 unspecified atom stereocenters.